The van der Waals surface area contributed by atoms with Gasteiger partial charge in [0.25, 0.3) is 0 Å². The van der Waals surface area contributed by atoms with Crippen LogP contribution in [0.4, 0.5) is 0 Å². The Bertz CT molecular complexity index is 289. The molecule has 0 aromatic carbocycles. The van der Waals surface area contributed by atoms with Crippen LogP contribution in [-0.4, -0.2) is 30.0 Å². The normalized spacial score (nSPS) is 24.4. The molecule has 1 N–H and O–H groups in total. The van der Waals surface area contributed by atoms with Crippen LogP contribution >= 0.6 is 0 Å². The second kappa shape index (κ2) is 4.74. The lowest BCUT2D eigenvalue weighted by Crippen LogP contribution is -2.41. The van der Waals surface area contributed by atoms with Crippen LogP contribution in [0, 0.1) is 0 Å². The number of aliphatic hydroxyl groups is 1. The van der Waals surface area contributed by atoms with E-state index in [0.717, 1.165) is 5.47 Å². The van der Waals surface area contributed by atoms with Gasteiger partial charge in [-0.05, 0) is 40.1 Å². The van der Waals surface area contributed by atoms with Crippen molar-refractivity contribution in [3.8, 4) is 0 Å². The van der Waals surface area contributed by atoms with E-state index in [0.29, 0.717) is 0 Å². The minimum Gasteiger partial charge on any atom is -0.400 e. The average Bonchev–Trinajstić information content (AvgIpc) is 2.36. The molecule has 0 radical (unpaired) electrons. The summed E-state index contributed by atoms with van der Waals surface area (Å²) in [6.45, 7) is 10.1. The predicted octanol–water partition coefficient (Wildman–Crippen LogP) is 2.11. The molecule has 16 heavy (non-hydrogen) atoms. The lowest BCUT2D eigenvalue weighted by molar-refractivity contribution is 0.00578. The lowest BCUT2D eigenvalue weighted by Gasteiger charge is -2.32. The van der Waals surface area contributed by atoms with E-state index in [1.165, 1.54) is 0 Å². The zero-order valence-electron chi connectivity index (χ0n) is 10.8. The predicted molar refractivity (Wildman–Crippen MR) is 66.1 cm³/mol. The molecule has 1 aliphatic heterocycles. The molecule has 0 amide bonds. The minimum absolute atomic E-state index is 0.0488. The topological polar surface area (TPSA) is 38.7 Å². The summed E-state index contributed by atoms with van der Waals surface area (Å²) in [5, 5.41) is 8.63. The van der Waals surface area contributed by atoms with Crippen molar-refractivity contribution in [2.75, 3.05) is 6.61 Å². The second-order valence-electron chi connectivity index (χ2n) is 5.11. The van der Waals surface area contributed by atoms with Gasteiger partial charge in [0.2, 0.25) is 0 Å². The molecule has 0 aromatic heterocycles. The smallest absolute Gasteiger partial charge is 0.400 e. The molecule has 0 unspecified atom stereocenters. The minimum atomic E-state index is -0.298. The van der Waals surface area contributed by atoms with Crippen LogP contribution < -0.4 is 0 Å². The summed E-state index contributed by atoms with van der Waals surface area (Å²) in [6, 6.07) is 0. The Balaban J connectivity index is 2.72. The molecule has 0 atom stereocenters. The standard InChI is InChI=1S/C12H21BO3/c1-10(8-6-7-9-14)13-15-11(2,3)12(4,5)16-13/h6-8,14H,9H2,1-5H3/b7-6+,10-8-. The summed E-state index contributed by atoms with van der Waals surface area (Å²) in [5.41, 5.74) is 0.407. The summed E-state index contributed by atoms with van der Waals surface area (Å²) in [4.78, 5) is 0. The Labute approximate surface area is 98.3 Å². The fourth-order valence-electron chi connectivity index (χ4n) is 1.39. The van der Waals surface area contributed by atoms with Crippen molar-refractivity contribution < 1.29 is 14.4 Å². The van der Waals surface area contributed by atoms with Crippen molar-refractivity contribution in [1.82, 2.24) is 0 Å². The molecule has 1 aliphatic rings. The Morgan fingerprint density at radius 3 is 2.12 bits per heavy atom. The Hall–Kier alpha value is -0.575. The Morgan fingerprint density at radius 2 is 1.69 bits per heavy atom. The lowest BCUT2D eigenvalue weighted by atomic mass is 9.79. The zero-order chi connectivity index (χ0) is 12.4. The first-order valence-electron chi connectivity index (χ1n) is 5.60. The average molecular weight is 224 g/mol. The Morgan fingerprint density at radius 1 is 1.19 bits per heavy atom. The Kier molecular flexibility index (Phi) is 3.99. The molecule has 3 nitrogen and oxygen atoms in total. The second-order valence-corrected chi connectivity index (χ2v) is 5.11. The number of hydrogen-bond acceptors (Lipinski definition) is 3. The molecule has 0 saturated carbocycles. The molecule has 0 spiro atoms. The molecule has 90 valence electrons. The highest BCUT2D eigenvalue weighted by atomic mass is 16.7. The van der Waals surface area contributed by atoms with Crippen LogP contribution in [0.3, 0.4) is 0 Å². The van der Waals surface area contributed by atoms with Crippen LogP contribution in [0.1, 0.15) is 34.6 Å². The van der Waals surface area contributed by atoms with E-state index < -0.39 is 0 Å². The molecule has 1 saturated heterocycles. The van der Waals surface area contributed by atoms with E-state index in [-0.39, 0.29) is 24.9 Å². The van der Waals surface area contributed by atoms with Crippen molar-refractivity contribution in [2.45, 2.75) is 45.8 Å². The molecular weight excluding hydrogens is 203 g/mol. The zero-order valence-corrected chi connectivity index (χ0v) is 10.8. The van der Waals surface area contributed by atoms with Crippen molar-refractivity contribution in [1.29, 1.82) is 0 Å². The van der Waals surface area contributed by atoms with Crippen molar-refractivity contribution in [2.24, 2.45) is 0 Å². The quantitative estimate of drug-likeness (QED) is 0.589. The largest absolute Gasteiger partial charge is 0.490 e. The SMILES string of the molecule is C/C(=C/C=C/CO)B1OC(C)(C)C(C)(C)O1. The number of aliphatic hydroxyl groups excluding tert-OH is 1. The van der Waals surface area contributed by atoms with Gasteiger partial charge < -0.3 is 14.4 Å². The fraction of sp³-hybridized carbons (Fsp3) is 0.667. The summed E-state index contributed by atoms with van der Waals surface area (Å²) in [7, 11) is -0.298. The third-order valence-electron chi connectivity index (χ3n) is 3.23. The first-order chi connectivity index (χ1) is 7.30. The van der Waals surface area contributed by atoms with Gasteiger partial charge in [-0.25, -0.2) is 0 Å². The van der Waals surface area contributed by atoms with Crippen LogP contribution in [0.25, 0.3) is 0 Å². The number of hydrogen-bond donors (Lipinski definition) is 1. The first-order valence-corrected chi connectivity index (χ1v) is 5.60. The third-order valence-corrected chi connectivity index (χ3v) is 3.23. The summed E-state index contributed by atoms with van der Waals surface area (Å²) in [6.07, 6.45) is 5.38. The first kappa shape index (κ1) is 13.5. The molecule has 4 heteroatoms. The van der Waals surface area contributed by atoms with Gasteiger partial charge >= 0.3 is 7.12 Å². The highest BCUT2D eigenvalue weighted by Gasteiger charge is 2.51. The van der Waals surface area contributed by atoms with Gasteiger partial charge in [-0.1, -0.05) is 18.2 Å². The van der Waals surface area contributed by atoms with Gasteiger partial charge in [-0.3, -0.25) is 0 Å². The van der Waals surface area contributed by atoms with Crippen molar-refractivity contribution in [3.05, 3.63) is 23.7 Å². The fourth-order valence-corrected chi connectivity index (χ4v) is 1.39. The molecule has 1 heterocycles. The van der Waals surface area contributed by atoms with E-state index in [1.54, 1.807) is 12.2 Å². The molecule has 1 fully saturated rings. The molecule has 0 bridgehead atoms. The van der Waals surface area contributed by atoms with Gasteiger partial charge in [0, 0.05) is 0 Å². The molecular formula is C12H21BO3. The van der Waals surface area contributed by atoms with E-state index in [1.807, 2.05) is 40.7 Å². The van der Waals surface area contributed by atoms with Gasteiger partial charge in [0.05, 0.1) is 17.8 Å². The van der Waals surface area contributed by atoms with Crippen molar-refractivity contribution >= 4 is 7.12 Å². The highest BCUT2D eigenvalue weighted by Crippen LogP contribution is 2.38. The summed E-state index contributed by atoms with van der Waals surface area (Å²) >= 11 is 0. The summed E-state index contributed by atoms with van der Waals surface area (Å²) < 4.78 is 11.7. The van der Waals surface area contributed by atoms with Gasteiger partial charge in [-0.2, -0.15) is 0 Å². The van der Waals surface area contributed by atoms with Crippen molar-refractivity contribution in [3.63, 3.8) is 0 Å². The van der Waals surface area contributed by atoms with E-state index in [4.69, 9.17) is 14.4 Å². The van der Waals surface area contributed by atoms with Gasteiger partial charge in [0.15, 0.2) is 0 Å². The molecule has 0 aromatic rings. The molecule has 0 aliphatic carbocycles. The van der Waals surface area contributed by atoms with Crippen LogP contribution in [-0.2, 0) is 9.31 Å². The van der Waals surface area contributed by atoms with Crippen LogP contribution in [0.2, 0.25) is 0 Å². The summed E-state index contributed by atoms with van der Waals surface area (Å²) in [5.74, 6) is 0. The van der Waals surface area contributed by atoms with Gasteiger partial charge in [-0.15, -0.1) is 0 Å². The maximum absolute atomic E-state index is 8.63. The van der Waals surface area contributed by atoms with E-state index in [9.17, 15) is 0 Å². The van der Waals surface area contributed by atoms with Crippen LogP contribution in [0.15, 0.2) is 23.7 Å². The van der Waals surface area contributed by atoms with E-state index >= 15 is 0 Å². The monoisotopic (exact) mass is 224 g/mol. The highest BCUT2D eigenvalue weighted by molar-refractivity contribution is 6.54. The van der Waals surface area contributed by atoms with Crippen LogP contribution in [0.5, 0.6) is 0 Å². The maximum atomic E-state index is 8.63. The number of allylic oxidation sites excluding steroid dienone is 3. The van der Waals surface area contributed by atoms with Gasteiger partial charge in [0.1, 0.15) is 0 Å². The number of rotatable bonds is 3. The maximum Gasteiger partial charge on any atom is 0.490 e. The van der Waals surface area contributed by atoms with E-state index in [2.05, 4.69) is 0 Å². The third kappa shape index (κ3) is 2.76. The molecule has 1 rings (SSSR count).